The third-order valence-corrected chi connectivity index (χ3v) is 5.01. The van der Waals surface area contributed by atoms with Crippen molar-refractivity contribution >= 4 is 11.8 Å². The molecule has 0 aliphatic carbocycles. The molecule has 3 unspecified atom stereocenters. The number of nitrogens with two attached hydrogens (primary N) is 1. The van der Waals surface area contributed by atoms with E-state index in [1.807, 2.05) is 11.8 Å². The van der Waals surface area contributed by atoms with Gasteiger partial charge < -0.3 is 10.5 Å². The minimum Gasteiger partial charge on any atom is -0.383 e. The molecule has 1 rings (SSSR count). The van der Waals surface area contributed by atoms with Crippen molar-refractivity contribution in [1.82, 2.24) is 4.90 Å². The van der Waals surface area contributed by atoms with Gasteiger partial charge in [-0.25, -0.2) is 0 Å². The van der Waals surface area contributed by atoms with Crippen molar-refractivity contribution in [2.24, 2.45) is 5.73 Å². The van der Waals surface area contributed by atoms with E-state index >= 15 is 0 Å². The van der Waals surface area contributed by atoms with Crippen LogP contribution in [0.2, 0.25) is 0 Å². The molecule has 0 saturated carbocycles. The van der Waals surface area contributed by atoms with Crippen LogP contribution in [0, 0.1) is 0 Å². The second-order valence-electron chi connectivity index (χ2n) is 4.84. The Morgan fingerprint density at radius 1 is 1.62 bits per heavy atom. The summed E-state index contributed by atoms with van der Waals surface area (Å²) >= 11 is 2.05. The molecule has 0 aromatic rings. The Balaban J connectivity index is 2.75. The van der Waals surface area contributed by atoms with Crippen LogP contribution in [0.5, 0.6) is 0 Å². The molecule has 2 N–H and O–H groups in total. The van der Waals surface area contributed by atoms with Crippen LogP contribution < -0.4 is 5.73 Å². The van der Waals surface area contributed by atoms with E-state index in [-0.39, 0.29) is 5.54 Å². The summed E-state index contributed by atoms with van der Waals surface area (Å²) in [5, 5.41) is 0.729. The average Bonchev–Trinajstić information content (AvgIpc) is 2.63. The normalized spacial score (nSPS) is 32.2. The summed E-state index contributed by atoms with van der Waals surface area (Å²) in [4.78, 5) is 2.53. The Kier molecular flexibility index (Phi) is 5.57. The molecule has 1 aliphatic heterocycles. The van der Waals surface area contributed by atoms with Gasteiger partial charge in [0.05, 0.1) is 6.61 Å². The van der Waals surface area contributed by atoms with Gasteiger partial charge >= 0.3 is 0 Å². The molecule has 0 aromatic heterocycles. The fourth-order valence-electron chi connectivity index (χ4n) is 2.86. The Morgan fingerprint density at radius 3 is 2.69 bits per heavy atom. The lowest BCUT2D eigenvalue weighted by molar-refractivity contribution is 0.0313. The van der Waals surface area contributed by atoms with Gasteiger partial charge in [0, 0.05) is 36.2 Å². The third kappa shape index (κ3) is 2.92. The second-order valence-corrected chi connectivity index (χ2v) is 6.27. The summed E-state index contributed by atoms with van der Waals surface area (Å²) in [6.07, 6.45) is 1.20. The molecule has 1 saturated heterocycles. The van der Waals surface area contributed by atoms with Gasteiger partial charge in [0.25, 0.3) is 0 Å². The zero-order valence-electron chi connectivity index (χ0n) is 11.0. The van der Waals surface area contributed by atoms with Gasteiger partial charge in [0.1, 0.15) is 0 Å². The van der Waals surface area contributed by atoms with Crippen molar-refractivity contribution in [2.75, 3.05) is 32.6 Å². The number of thioether (sulfide) groups is 1. The Bertz CT molecular complexity index is 215. The molecule has 3 atom stereocenters. The number of methoxy groups -OCH3 is 1. The number of nitrogens with zero attached hydrogens (tertiary/aromatic N) is 1. The van der Waals surface area contributed by atoms with Crippen LogP contribution in [-0.2, 0) is 4.74 Å². The molecule has 4 heteroatoms. The molecule has 0 bridgehead atoms. The summed E-state index contributed by atoms with van der Waals surface area (Å²) < 4.78 is 5.27. The summed E-state index contributed by atoms with van der Waals surface area (Å²) in [6, 6.07) is 0.449. The fraction of sp³-hybridized carbons (Fsp3) is 1.00. The van der Waals surface area contributed by atoms with Crippen LogP contribution in [-0.4, -0.2) is 54.3 Å². The molecule has 1 fully saturated rings. The standard InChI is InChI=1S/C12H26N2OS/c1-5-14(10(2)7-15-4)12(8-13)6-11(3)16-9-12/h10-11H,5-9,13H2,1-4H3. The lowest BCUT2D eigenvalue weighted by Crippen LogP contribution is -2.58. The summed E-state index contributed by atoms with van der Waals surface area (Å²) in [5.74, 6) is 1.16. The van der Waals surface area contributed by atoms with Gasteiger partial charge in [0.2, 0.25) is 0 Å². The molecule has 3 nitrogen and oxygen atoms in total. The van der Waals surface area contributed by atoms with Crippen molar-refractivity contribution in [1.29, 1.82) is 0 Å². The highest BCUT2D eigenvalue weighted by Gasteiger charge is 2.42. The highest BCUT2D eigenvalue weighted by Crippen LogP contribution is 2.38. The predicted octanol–water partition coefficient (Wildman–Crippen LogP) is 1.57. The molecule has 1 aliphatic rings. The van der Waals surface area contributed by atoms with Gasteiger partial charge in [-0.05, 0) is 19.9 Å². The van der Waals surface area contributed by atoms with Gasteiger partial charge in [-0.2, -0.15) is 11.8 Å². The van der Waals surface area contributed by atoms with Crippen LogP contribution >= 0.6 is 11.8 Å². The smallest absolute Gasteiger partial charge is 0.0615 e. The van der Waals surface area contributed by atoms with E-state index < -0.39 is 0 Å². The van der Waals surface area contributed by atoms with Crippen molar-refractivity contribution in [3.8, 4) is 0 Å². The van der Waals surface area contributed by atoms with Gasteiger partial charge in [-0.3, -0.25) is 4.90 Å². The lowest BCUT2D eigenvalue weighted by Gasteiger charge is -2.43. The fourth-order valence-corrected chi connectivity index (χ4v) is 4.28. The topological polar surface area (TPSA) is 38.5 Å². The second kappa shape index (κ2) is 6.24. The Labute approximate surface area is 104 Å². The number of rotatable bonds is 6. The van der Waals surface area contributed by atoms with Crippen LogP contribution in [0.25, 0.3) is 0 Å². The Hall–Kier alpha value is 0.230. The Morgan fingerprint density at radius 2 is 2.31 bits per heavy atom. The maximum atomic E-state index is 6.05. The van der Waals surface area contributed by atoms with E-state index in [9.17, 15) is 0 Å². The largest absolute Gasteiger partial charge is 0.383 e. The van der Waals surface area contributed by atoms with E-state index in [2.05, 4.69) is 25.7 Å². The molecule has 0 amide bonds. The van der Waals surface area contributed by atoms with E-state index in [4.69, 9.17) is 10.5 Å². The van der Waals surface area contributed by atoms with E-state index in [0.29, 0.717) is 6.04 Å². The molecular formula is C12H26N2OS. The van der Waals surface area contributed by atoms with Crippen LogP contribution in [0.4, 0.5) is 0 Å². The minimum atomic E-state index is 0.191. The molecule has 0 spiro atoms. The molecule has 0 radical (unpaired) electrons. The number of hydrogen-bond donors (Lipinski definition) is 1. The molecule has 1 heterocycles. The van der Waals surface area contributed by atoms with Gasteiger partial charge in [-0.15, -0.1) is 0 Å². The summed E-state index contributed by atoms with van der Waals surface area (Å²) in [7, 11) is 1.77. The predicted molar refractivity (Wildman–Crippen MR) is 72.0 cm³/mol. The quantitative estimate of drug-likeness (QED) is 0.772. The molecule has 0 aromatic carbocycles. The first kappa shape index (κ1) is 14.3. The highest BCUT2D eigenvalue weighted by atomic mass is 32.2. The van der Waals surface area contributed by atoms with Crippen molar-refractivity contribution < 1.29 is 4.74 Å². The zero-order chi connectivity index (χ0) is 12.2. The van der Waals surface area contributed by atoms with Crippen LogP contribution in [0.15, 0.2) is 0 Å². The molecule has 96 valence electrons. The third-order valence-electron chi connectivity index (χ3n) is 3.57. The van der Waals surface area contributed by atoms with Crippen molar-refractivity contribution in [3.05, 3.63) is 0 Å². The van der Waals surface area contributed by atoms with Crippen molar-refractivity contribution in [3.63, 3.8) is 0 Å². The number of ether oxygens (including phenoxy) is 1. The monoisotopic (exact) mass is 246 g/mol. The molecular weight excluding hydrogens is 220 g/mol. The maximum Gasteiger partial charge on any atom is 0.0615 e. The lowest BCUT2D eigenvalue weighted by atomic mass is 9.92. The van der Waals surface area contributed by atoms with E-state index in [0.717, 1.165) is 30.7 Å². The SMILES string of the molecule is CCN(C(C)COC)C1(CN)CSC(C)C1. The van der Waals surface area contributed by atoms with Gasteiger partial charge in [-0.1, -0.05) is 13.8 Å². The maximum absolute atomic E-state index is 6.05. The van der Waals surface area contributed by atoms with E-state index in [1.54, 1.807) is 7.11 Å². The van der Waals surface area contributed by atoms with Crippen LogP contribution in [0.1, 0.15) is 27.2 Å². The van der Waals surface area contributed by atoms with E-state index in [1.165, 1.54) is 6.42 Å². The van der Waals surface area contributed by atoms with Crippen LogP contribution in [0.3, 0.4) is 0 Å². The van der Waals surface area contributed by atoms with Crippen molar-refractivity contribution in [2.45, 2.75) is 44.0 Å². The highest BCUT2D eigenvalue weighted by molar-refractivity contribution is 8.00. The molecule has 16 heavy (non-hydrogen) atoms. The first-order valence-corrected chi connectivity index (χ1v) is 7.22. The number of likely N-dealkylation sites (N-methyl/N-ethyl adjacent to an activating group) is 1. The average molecular weight is 246 g/mol. The zero-order valence-corrected chi connectivity index (χ0v) is 11.8. The van der Waals surface area contributed by atoms with Gasteiger partial charge in [0.15, 0.2) is 0 Å². The summed E-state index contributed by atoms with van der Waals surface area (Å²) in [6.45, 7) is 9.35. The number of hydrogen-bond acceptors (Lipinski definition) is 4. The first-order valence-electron chi connectivity index (χ1n) is 6.17. The summed E-state index contributed by atoms with van der Waals surface area (Å²) in [5.41, 5.74) is 6.24. The minimum absolute atomic E-state index is 0.191. The first-order chi connectivity index (χ1) is 7.59.